The van der Waals surface area contributed by atoms with Crippen LogP contribution in [0.15, 0.2) is 48.5 Å². The molecule has 5 nitrogen and oxygen atoms in total. The molecule has 0 aliphatic carbocycles. The number of halogens is 3. The summed E-state index contributed by atoms with van der Waals surface area (Å²) < 4.78 is 5.63. The highest BCUT2D eigenvalue weighted by molar-refractivity contribution is 5.86. The molecule has 158 valence electrons. The van der Waals surface area contributed by atoms with E-state index in [-0.39, 0.29) is 43.8 Å². The Morgan fingerprint density at radius 2 is 1.57 bits per heavy atom. The van der Waals surface area contributed by atoms with Crippen LogP contribution in [0.25, 0.3) is 0 Å². The lowest BCUT2D eigenvalue weighted by Gasteiger charge is -2.37. The molecule has 3 N–H and O–H groups in total. The second-order valence-electron chi connectivity index (χ2n) is 6.58. The van der Waals surface area contributed by atoms with Gasteiger partial charge in [0.25, 0.3) is 0 Å². The van der Waals surface area contributed by atoms with Gasteiger partial charge in [0, 0.05) is 38.4 Å². The number of para-hydroxylation sites is 3. The Hall–Kier alpha value is -1.37. The molecule has 0 spiro atoms. The number of rotatable bonds is 6. The van der Waals surface area contributed by atoms with Gasteiger partial charge in [0.15, 0.2) is 0 Å². The molecule has 1 aliphatic rings. The number of anilines is 2. The molecule has 0 amide bonds. The van der Waals surface area contributed by atoms with Crippen molar-refractivity contribution in [3.63, 3.8) is 0 Å². The van der Waals surface area contributed by atoms with Crippen molar-refractivity contribution in [3.05, 3.63) is 54.1 Å². The Bertz CT molecular complexity index is 698. The van der Waals surface area contributed by atoms with Crippen LogP contribution in [-0.2, 0) is 0 Å². The summed E-state index contributed by atoms with van der Waals surface area (Å²) in [5.41, 5.74) is 9.07. The third-order valence-electron chi connectivity index (χ3n) is 4.65. The topological polar surface area (TPSA) is 62.0 Å². The molecule has 0 saturated carbocycles. The normalized spacial score (nSPS) is 14.9. The molecule has 1 atom stereocenters. The van der Waals surface area contributed by atoms with Crippen molar-refractivity contribution in [2.24, 2.45) is 0 Å². The standard InChI is InChI=1S/C20H27N3O2.3ClH/c1-16-6-2-4-8-19(16)23-12-10-22(11-13-23)14-17(24)15-25-20-9-5-3-7-18(20)21;;;/h2-9,17,24H,10-15,21H2,1H3;3*1H. The molecular weight excluding hydrogens is 421 g/mol. The Labute approximate surface area is 186 Å². The first kappa shape index (κ1) is 26.6. The van der Waals surface area contributed by atoms with E-state index < -0.39 is 6.10 Å². The van der Waals surface area contributed by atoms with E-state index in [1.165, 1.54) is 11.3 Å². The smallest absolute Gasteiger partial charge is 0.142 e. The SMILES string of the molecule is Cc1ccccc1N1CCN(CC(O)COc2ccccc2N)CC1.Cl.Cl.Cl. The fourth-order valence-corrected chi connectivity index (χ4v) is 3.24. The first-order valence-electron chi connectivity index (χ1n) is 8.82. The summed E-state index contributed by atoms with van der Waals surface area (Å²) >= 11 is 0. The number of nitrogens with two attached hydrogens (primary N) is 1. The van der Waals surface area contributed by atoms with Crippen molar-refractivity contribution in [1.82, 2.24) is 4.90 Å². The fourth-order valence-electron chi connectivity index (χ4n) is 3.24. The Kier molecular flexibility index (Phi) is 12.3. The molecule has 1 unspecified atom stereocenters. The second kappa shape index (κ2) is 13.0. The summed E-state index contributed by atoms with van der Waals surface area (Å²) in [6, 6.07) is 15.9. The van der Waals surface area contributed by atoms with Gasteiger partial charge in [-0.25, -0.2) is 0 Å². The average molecular weight is 451 g/mol. The quantitative estimate of drug-likeness (QED) is 0.661. The maximum absolute atomic E-state index is 10.3. The summed E-state index contributed by atoms with van der Waals surface area (Å²) in [6.07, 6.45) is -0.524. The van der Waals surface area contributed by atoms with Gasteiger partial charge in [-0.15, -0.1) is 37.2 Å². The number of benzene rings is 2. The summed E-state index contributed by atoms with van der Waals surface area (Å²) in [7, 11) is 0. The van der Waals surface area contributed by atoms with E-state index in [4.69, 9.17) is 10.5 Å². The average Bonchev–Trinajstić information content (AvgIpc) is 2.62. The zero-order valence-electron chi connectivity index (χ0n) is 16.0. The largest absolute Gasteiger partial charge is 0.489 e. The summed E-state index contributed by atoms with van der Waals surface area (Å²) in [5, 5.41) is 10.3. The number of aliphatic hydroxyl groups excluding tert-OH is 1. The maximum Gasteiger partial charge on any atom is 0.142 e. The lowest BCUT2D eigenvalue weighted by Crippen LogP contribution is -2.49. The van der Waals surface area contributed by atoms with Gasteiger partial charge in [-0.05, 0) is 30.7 Å². The number of nitrogens with zero attached hydrogens (tertiary/aromatic N) is 2. The predicted octanol–water partition coefficient (Wildman–Crippen LogP) is 3.40. The van der Waals surface area contributed by atoms with Crippen molar-refractivity contribution in [2.75, 3.05) is 50.0 Å². The van der Waals surface area contributed by atoms with Crippen LogP contribution in [0.1, 0.15) is 5.56 Å². The monoisotopic (exact) mass is 449 g/mol. The van der Waals surface area contributed by atoms with Crippen molar-refractivity contribution >= 4 is 48.6 Å². The summed E-state index contributed by atoms with van der Waals surface area (Å²) in [6.45, 7) is 6.87. The molecule has 1 fully saturated rings. The van der Waals surface area contributed by atoms with E-state index in [1.807, 2.05) is 18.2 Å². The zero-order valence-corrected chi connectivity index (χ0v) is 18.4. The number of nitrogen functional groups attached to an aromatic ring is 1. The van der Waals surface area contributed by atoms with Crippen molar-refractivity contribution in [2.45, 2.75) is 13.0 Å². The van der Waals surface area contributed by atoms with E-state index in [2.05, 4.69) is 41.0 Å². The Balaban J connectivity index is 0.00000243. The molecule has 3 rings (SSSR count). The minimum Gasteiger partial charge on any atom is -0.489 e. The van der Waals surface area contributed by atoms with Crippen LogP contribution >= 0.6 is 37.2 Å². The molecular formula is C20H30Cl3N3O2. The highest BCUT2D eigenvalue weighted by Crippen LogP contribution is 2.21. The summed E-state index contributed by atoms with van der Waals surface area (Å²) in [4.78, 5) is 4.70. The molecule has 1 aliphatic heterocycles. The third kappa shape index (κ3) is 7.22. The van der Waals surface area contributed by atoms with Gasteiger partial charge in [0.05, 0.1) is 5.69 Å². The Morgan fingerprint density at radius 1 is 0.964 bits per heavy atom. The third-order valence-corrected chi connectivity index (χ3v) is 4.65. The lowest BCUT2D eigenvalue weighted by atomic mass is 10.1. The van der Waals surface area contributed by atoms with Gasteiger partial charge in [-0.3, -0.25) is 4.90 Å². The van der Waals surface area contributed by atoms with Crippen LogP contribution in [0, 0.1) is 6.92 Å². The van der Waals surface area contributed by atoms with Crippen LogP contribution in [-0.4, -0.2) is 55.4 Å². The van der Waals surface area contributed by atoms with E-state index in [0.717, 1.165) is 26.2 Å². The molecule has 8 heteroatoms. The molecule has 0 aromatic heterocycles. The number of ether oxygens (including phenoxy) is 1. The van der Waals surface area contributed by atoms with Gasteiger partial charge < -0.3 is 20.5 Å². The molecule has 0 bridgehead atoms. The van der Waals surface area contributed by atoms with Gasteiger partial charge in [0.2, 0.25) is 0 Å². The Morgan fingerprint density at radius 3 is 2.21 bits per heavy atom. The molecule has 0 radical (unpaired) electrons. The summed E-state index contributed by atoms with van der Waals surface area (Å²) in [5.74, 6) is 0.630. The zero-order chi connectivity index (χ0) is 17.6. The van der Waals surface area contributed by atoms with E-state index in [1.54, 1.807) is 6.07 Å². The van der Waals surface area contributed by atoms with Crippen molar-refractivity contribution in [3.8, 4) is 5.75 Å². The van der Waals surface area contributed by atoms with Gasteiger partial charge in [-0.2, -0.15) is 0 Å². The number of hydrogen-bond donors (Lipinski definition) is 2. The van der Waals surface area contributed by atoms with E-state index in [9.17, 15) is 5.11 Å². The van der Waals surface area contributed by atoms with E-state index >= 15 is 0 Å². The molecule has 28 heavy (non-hydrogen) atoms. The molecule has 1 heterocycles. The maximum atomic E-state index is 10.3. The first-order valence-corrected chi connectivity index (χ1v) is 8.82. The first-order chi connectivity index (χ1) is 12.1. The van der Waals surface area contributed by atoms with E-state index in [0.29, 0.717) is 18.0 Å². The number of aliphatic hydroxyl groups is 1. The van der Waals surface area contributed by atoms with Crippen LogP contribution in [0.2, 0.25) is 0 Å². The number of β-amino-alcohol motifs (C(OH)–C–C–N with tert-alkyl or cyclic N) is 1. The van der Waals surface area contributed by atoms with Crippen LogP contribution < -0.4 is 15.4 Å². The van der Waals surface area contributed by atoms with Gasteiger partial charge >= 0.3 is 0 Å². The van der Waals surface area contributed by atoms with Crippen LogP contribution in [0.4, 0.5) is 11.4 Å². The van der Waals surface area contributed by atoms with Crippen LogP contribution in [0.5, 0.6) is 5.75 Å². The van der Waals surface area contributed by atoms with Crippen LogP contribution in [0.3, 0.4) is 0 Å². The fraction of sp³-hybridized carbons (Fsp3) is 0.400. The molecule has 2 aromatic rings. The predicted molar refractivity (Wildman–Crippen MR) is 124 cm³/mol. The molecule has 1 saturated heterocycles. The molecule has 2 aromatic carbocycles. The van der Waals surface area contributed by atoms with Crippen molar-refractivity contribution in [1.29, 1.82) is 0 Å². The minimum atomic E-state index is -0.524. The van der Waals surface area contributed by atoms with Gasteiger partial charge in [-0.1, -0.05) is 30.3 Å². The highest BCUT2D eigenvalue weighted by atomic mass is 35.5. The van der Waals surface area contributed by atoms with Gasteiger partial charge in [0.1, 0.15) is 18.5 Å². The number of piperazine rings is 1. The number of aryl methyl sites for hydroxylation is 1. The number of hydrogen-bond acceptors (Lipinski definition) is 5. The van der Waals surface area contributed by atoms with Crippen molar-refractivity contribution < 1.29 is 9.84 Å². The highest BCUT2D eigenvalue weighted by Gasteiger charge is 2.20. The minimum absolute atomic E-state index is 0. The second-order valence-corrected chi connectivity index (χ2v) is 6.58. The lowest BCUT2D eigenvalue weighted by molar-refractivity contribution is 0.0665.